The Balaban J connectivity index is 2.56. The van der Waals surface area contributed by atoms with Crippen molar-refractivity contribution in [2.75, 3.05) is 7.11 Å². The highest BCUT2D eigenvalue weighted by molar-refractivity contribution is 5.91. The van der Waals surface area contributed by atoms with Gasteiger partial charge in [-0.05, 0) is 36.2 Å². The predicted molar refractivity (Wildman–Crippen MR) is 70.3 cm³/mol. The fourth-order valence-electron chi connectivity index (χ4n) is 1.95. The molecule has 0 saturated carbocycles. The van der Waals surface area contributed by atoms with E-state index in [9.17, 15) is 9.18 Å². The number of aromatic nitrogens is 1. The second-order valence-electron chi connectivity index (χ2n) is 4.08. The molecule has 0 aliphatic heterocycles. The molecule has 0 saturated heterocycles. The van der Waals surface area contributed by atoms with Crippen molar-refractivity contribution in [1.29, 1.82) is 0 Å². The third kappa shape index (κ3) is 2.78. The number of carbonyl (C=O) groups is 1. The van der Waals surface area contributed by atoms with Crippen LogP contribution in [0.4, 0.5) is 4.39 Å². The number of hydrogen-bond acceptors (Lipinski definition) is 3. The standard InChI is InChI=1S/C15H14FNO2/c1-3-10-5-4-6-17-14(10)11-7-12(15(18)19-2)9-13(16)8-11/h4-9H,3H2,1-2H3. The largest absolute Gasteiger partial charge is 0.465 e. The van der Waals surface area contributed by atoms with Crippen molar-refractivity contribution in [3.63, 3.8) is 0 Å². The van der Waals surface area contributed by atoms with E-state index < -0.39 is 11.8 Å². The van der Waals surface area contributed by atoms with E-state index in [1.807, 2.05) is 19.1 Å². The second kappa shape index (κ2) is 5.61. The van der Waals surface area contributed by atoms with Gasteiger partial charge in [-0.2, -0.15) is 0 Å². The van der Waals surface area contributed by atoms with Gasteiger partial charge in [0.15, 0.2) is 0 Å². The molecule has 0 unspecified atom stereocenters. The number of aryl methyl sites for hydroxylation is 1. The van der Waals surface area contributed by atoms with E-state index in [0.717, 1.165) is 18.1 Å². The fourth-order valence-corrected chi connectivity index (χ4v) is 1.95. The Labute approximate surface area is 111 Å². The molecule has 19 heavy (non-hydrogen) atoms. The number of methoxy groups -OCH3 is 1. The van der Waals surface area contributed by atoms with Crippen LogP contribution in [0.3, 0.4) is 0 Å². The number of pyridine rings is 1. The number of ether oxygens (including phenoxy) is 1. The van der Waals surface area contributed by atoms with Crippen LogP contribution in [0.2, 0.25) is 0 Å². The Morgan fingerprint density at radius 1 is 1.37 bits per heavy atom. The Morgan fingerprint density at radius 2 is 2.16 bits per heavy atom. The summed E-state index contributed by atoms with van der Waals surface area (Å²) in [5, 5.41) is 0. The van der Waals surface area contributed by atoms with E-state index in [2.05, 4.69) is 9.72 Å². The summed E-state index contributed by atoms with van der Waals surface area (Å²) in [4.78, 5) is 15.8. The zero-order chi connectivity index (χ0) is 13.8. The smallest absolute Gasteiger partial charge is 0.337 e. The Bertz CT molecular complexity index is 611. The molecule has 0 fully saturated rings. The van der Waals surface area contributed by atoms with Crippen molar-refractivity contribution in [1.82, 2.24) is 4.98 Å². The van der Waals surface area contributed by atoms with Crippen molar-refractivity contribution in [2.45, 2.75) is 13.3 Å². The molecule has 1 aromatic heterocycles. The maximum absolute atomic E-state index is 13.6. The van der Waals surface area contributed by atoms with Gasteiger partial charge >= 0.3 is 5.97 Å². The van der Waals surface area contributed by atoms with Crippen LogP contribution in [0.5, 0.6) is 0 Å². The maximum Gasteiger partial charge on any atom is 0.337 e. The molecule has 0 N–H and O–H groups in total. The van der Waals surface area contributed by atoms with Crippen LogP contribution in [-0.4, -0.2) is 18.1 Å². The Hall–Kier alpha value is -2.23. The van der Waals surface area contributed by atoms with E-state index in [0.29, 0.717) is 11.3 Å². The Morgan fingerprint density at radius 3 is 2.84 bits per heavy atom. The van der Waals surface area contributed by atoms with Crippen LogP contribution >= 0.6 is 0 Å². The van der Waals surface area contributed by atoms with Gasteiger partial charge in [0.2, 0.25) is 0 Å². The molecule has 0 atom stereocenters. The Kier molecular flexibility index (Phi) is 3.90. The number of rotatable bonds is 3. The molecular formula is C15H14FNO2. The summed E-state index contributed by atoms with van der Waals surface area (Å²) in [6.07, 6.45) is 2.43. The van der Waals surface area contributed by atoms with Crippen LogP contribution in [0.25, 0.3) is 11.3 Å². The van der Waals surface area contributed by atoms with Gasteiger partial charge in [-0.1, -0.05) is 13.0 Å². The molecule has 0 aliphatic rings. The van der Waals surface area contributed by atoms with Gasteiger partial charge in [-0.25, -0.2) is 9.18 Å². The summed E-state index contributed by atoms with van der Waals surface area (Å²) >= 11 is 0. The molecular weight excluding hydrogens is 245 g/mol. The minimum Gasteiger partial charge on any atom is -0.465 e. The molecule has 0 aliphatic carbocycles. The van der Waals surface area contributed by atoms with Crippen molar-refractivity contribution in [3.05, 3.63) is 53.5 Å². The van der Waals surface area contributed by atoms with Crippen LogP contribution in [0.15, 0.2) is 36.5 Å². The third-order valence-electron chi connectivity index (χ3n) is 2.86. The first kappa shape index (κ1) is 13.2. The van der Waals surface area contributed by atoms with E-state index in [1.54, 1.807) is 12.3 Å². The highest BCUT2D eigenvalue weighted by Gasteiger charge is 2.12. The molecule has 98 valence electrons. The minimum atomic E-state index is -0.560. The van der Waals surface area contributed by atoms with Gasteiger partial charge in [-0.3, -0.25) is 4.98 Å². The predicted octanol–water partition coefficient (Wildman–Crippen LogP) is 3.24. The van der Waals surface area contributed by atoms with Crippen molar-refractivity contribution >= 4 is 5.97 Å². The van der Waals surface area contributed by atoms with Gasteiger partial charge in [-0.15, -0.1) is 0 Å². The van der Waals surface area contributed by atoms with E-state index in [1.165, 1.54) is 13.2 Å². The summed E-state index contributed by atoms with van der Waals surface area (Å²) in [7, 11) is 1.27. The van der Waals surface area contributed by atoms with Gasteiger partial charge in [0, 0.05) is 11.8 Å². The molecule has 4 heteroatoms. The number of hydrogen-bond donors (Lipinski definition) is 0. The van der Waals surface area contributed by atoms with Crippen molar-refractivity contribution < 1.29 is 13.9 Å². The quantitative estimate of drug-likeness (QED) is 0.794. The number of carbonyl (C=O) groups excluding carboxylic acids is 1. The number of esters is 1. The number of nitrogens with zero attached hydrogens (tertiary/aromatic N) is 1. The van der Waals surface area contributed by atoms with Gasteiger partial charge < -0.3 is 4.74 Å². The molecule has 0 spiro atoms. The topological polar surface area (TPSA) is 39.2 Å². The first-order chi connectivity index (χ1) is 9.15. The average molecular weight is 259 g/mol. The van der Waals surface area contributed by atoms with Crippen LogP contribution in [0.1, 0.15) is 22.8 Å². The summed E-state index contributed by atoms with van der Waals surface area (Å²) in [6, 6.07) is 7.89. The highest BCUT2D eigenvalue weighted by atomic mass is 19.1. The molecule has 2 aromatic rings. The summed E-state index contributed by atoms with van der Waals surface area (Å²) < 4.78 is 18.2. The highest BCUT2D eigenvalue weighted by Crippen LogP contribution is 2.24. The van der Waals surface area contributed by atoms with Gasteiger partial charge in [0.05, 0.1) is 18.4 Å². The van der Waals surface area contributed by atoms with Gasteiger partial charge in [0.1, 0.15) is 5.82 Å². The molecule has 2 rings (SSSR count). The molecule has 1 aromatic carbocycles. The van der Waals surface area contributed by atoms with Crippen LogP contribution in [-0.2, 0) is 11.2 Å². The summed E-state index contributed by atoms with van der Waals surface area (Å²) in [6.45, 7) is 2.00. The monoisotopic (exact) mass is 259 g/mol. The van der Waals surface area contributed by atoms with Gasteiger partial charge in [0.25, 0.3) is 0 Å². The third-order valence-corrected chi connectivity index (χ3v) is 2.86. The lowest BCUT2D eigenvalue weighted by molar-refractivity contribution is 0.0600. The lowest BCUT2D eigenvalue weighted by Crippen LogP contribution is -2.02. The van der Waals surface area contributed by atoms with E-state index in [-0.39, 0.29) is 5.56 Å². The lowest BCUT2D eigenvalue weighted by atomic mass is 10.0. The molecule has 0 amide bonds. The zero-order valence-electron chi connectivity index (χ0n) is 10.8. The average Bonchev–Trinajstić information content (AvgIpc) is 2.45. The molecule has 3 nitrogen and oxygen atoms in total. The van der Waals surface area contributed by atoms with Crippen molar-refractivity contribution in [3.8, 4) is 11.3 Å². The van der Waals surface area contributed by atoms with E-state index in [4.69, 9.17) is 0 Å². The molecule has 0 radical (unpaired) electrons. The van der Waals surface area contributed by atoms with Crippen molar-refractivity contribution in [2.24, 2.45) is 0 Å². The molecule has 0 bridgehead atoms. The number of halogens is 1. The second-order valence-corrected chi connectivity index (χ2v) is 4.08. The minimum absolute atomic E-state index is 0.185. The number of benzene rings is 1. The summed E-state index contributed by atoms with van der Waals surface area (Å²) in [5.74, 6) is -1.04. The first-order valence-electron chi connectivity index (χ1n) is 5.99. The molecule has 1 heterocycles. The maximum atomic E-state index is 13.6. The normalized spacial score (nSPS) is 10.3. The first-order valence-corrected chi connectivity index (χ1v) is 5.99. The van der Waals surface area contributed by atoms with Crippen LogP contribution < -0.4 is 0 Å². The fraction of sp³-hybridized carbons (Fsp3) is 0.200. The lowest BCUT2D eigenvalue weighted by Gasteiger charge is -2.08. The van der Waals surface area contributed by atoms with Crippen LogP contribution in [0, 0.1) is 5.82 Å². The zero-order valence-corrected chi connectivity index (χ0v) is 10.8. The SMILES string of the molecule is CCc1cccnc1-c1cc(F)cc(C(=O)OC)c1. The van der Waals surface area contributed by atoms with E-state index >= 15 is 0 Å². The summed E-state index contributed by atoms with van der Waals surface area (Å²) in [5.41, 5.74) is 2.46.